The number of hydrogen-bond donors (Lipinski definition) is 2. The molecular weight excluding hydrogens is 672 g/mol. The van der Waals surface area contributed by atoms with Crippen LogP contribution in [0.2, 0.25) is 0 Å². The summed E-state index contributed by atoms with van der Waals surface area (Å²) in [6.07, 6.45) is 5.38. The first-order valence-electron chi connectivity index (χ1n) is 17.7. The summed E-state index contributed by atoms with van der Waals surface area (Å²) in [5.41, 5.74) is 4.12. The lowest BCUT2D eigenvalue weighted by Gasteiger charge is -2.36. The van der Waals surface area contributed by atoms with E-state index < -0.39 is 29.7 Å². The van der Waals surface area contributed by atoms with Crippen LogP contribution in [0.1, 0.15) is 77.1 Å². The van der Waals surface area contributed by atoms with E-state index in [0.29, 0.717) is 6.61 Å². The van der Waals surface area contributed by atoms with Crippen molar-refractivity contribution >= 4 is 29.3 Å². The highest BCUT2D eigenvalue weighted by Gasteiger charge is 2.45. The van der Waals surface area contributed by atoms with Gasteiger partial charge in [0.05, 0.1) is 16.8 Å². The number of pyridine rings is 1. The Hall–Kier alpha value is -6.30. The lowest BCUT2D eigenvalue weighted by atomic mass is 9.78. The van der Waals surface area contributed by atoms with Crippen LogP contribution in [0.25, 0.3) is 5.82 Å². The van der Waals surface area contributed by atoms with Crippen molar-refractivity contribution in [1.82, 2.24) is 25.0 Å². The molecule has 2 fully saturated rings. The Balaban J connectivity index is 0.823. The van der Waals surface area contributed by atoms with Crippen LogP contribution in [0.5, 0.6) is 11.5 Å². The summed E-state index contributed by atoms with van der Waals surface area (Å²) in [4.78, 5) is 55.7. The van der Waals surface area contributed by atoms with Crippen molar-refractivity contribution in [2.45, 2.75) is 69.7 Å². The molecule has 53 heavy (non-hydrogen) atoms. The molecule has 8 rings (SSSR count). The quantitative estimate of drug-likeness (QED) is 0.168. The molecule has 0 bridgehead atoms. The number of rotatable bonds is 11. The SMILES string of the molecule is CC(C)(c1ccc(OCc2cccc(-n3cccn3)n2)cc1)c1ccc(OC2CC(Nc3ccc4c(c3)C(=O)N(C3CCC(=O)NC3=O)C4=O)C2)cc1. The smallest absolute Gasteiger partial charge is 0.262 e. The van der Waals surface area contributed by atoms with Crippen LogP contribution in [0.3, 0.4) is 0 Å². The average molecular weight is 711 g/mol. The molecule has 1 atom stereocenters. The number of benzene rings is 3. The monoisotopic (exact) mass is 710 g/mol. The van der Waals surface area contributed by atoms with Gasteiger partial charge in [-0.05, 0) is 78.2 Å². The van der Waals surface area contributed by atoms with Gasteiger partial charge in [0.1, 0.15) is 30.3 Å². The van der Waals surface area contributed by atoms with Gasteiger partial charge in [-0.1, -0.05) is 44.2 Å². The molecule has 268 valence electrons. The molecule has 1 saturated heterocycles. The number of nitrogens with zero attached hydrogens (tertiary/aromatic N) is 4. The first-order chi connectivity index (χ1) is 25.6. The van der Waals surface area contributed by atoms with Gasteiger partial charge in [0.15, 0.2) is 5.82 Å². The number of imide groups is 2. The van der Waals surface area contributed by atoms with Crippen molar-refractivity contribution in [2.24, 2.45) is 0 Å². The minimum atomic E-state index is -0.986. The van der Waals surface area contributed by atoms with E-state index in [-0.39, 0.29) is 41.5 Å². The van der Waals surface area contributed by atoms with Gasteiger partial charge in [-0.25, -0.2) is 9.67 Å². The molecule has 3 aromatic carbocycles. The van der Waals surface area contributed by atoms with E-state index in [1.807, 2.05) is 54.7 Å². The van der Waals surface area contributed by atoms with Crippen molar-refractivity contribution in [2.75, 3.05) is 5.32 Å². The summed E-state index contributed by atoms with van der Waals surface area (Å²) in [6, 6.07) is 28.3. The van der Waals surface area contributed by atoms with E-state index in [1.54, 1.807) is 29.1 Å². The van der Waals surface area contributed by atoms with Gasteiger partial charge in [0.25, 0.3) is 11.8 Å². The predicted molar refractivity (Wildman–Crippen MR) is 195 cm³/mol. The zero-order chi connectivity index (χ0) is 36.7. The minimum Gasteiger partial charge on any atom is -0.490 e. The van der Waals surface area contributed by atoms with Crippen molar-refractivity contribution < 1.29 is 28.7 Å². The maximum absolute atomic E-state index is 13.2. The summed E-state index contributed by atoms with van der Waals surface area (Å²) in [5.74, 6) is 0.257. The Morgan fingerprint density at radius 2 is 1.57 bits per heavy atom. The van der Waals surface area contributed by atoms with E-state index in [1.165, 1.54) is 0 Å². The van der Waals surface area contributed by atoms with Crippen LogP contribution in [0.15, 0.2) is 103 Å². The van der Waals surface area contributed by atoms with Gasteiger partial charge in [-0.3, -0.25) is 29.4 Å². The number of amides is 4. The number of carbonyl (C=O) groups is 4. The third-order valence-corrected chi connectivity index (χ3v) is 10.3. The molecule has 12 heteroatoms. The molecule has 1 unspecified atom stereocenters. The number of nitrogens with one attached hydrogen (secondary N) is 2. The molecule has 5 aromatic rings. The first-order valence-corrected chi connectivity index (χ1v) is 17.7. The highest BCUT2D eigenvalue weighted by atomic mass is 16.5. The highest BCUT2D eigenvalue weighted by Crippen LogP contribution is 2.36. The van der Waals surface area contributed by atoms with Crippen LogP contribution < -0.4 is 20.1 Å². The van der Waals surface area contributed by atoms with E-state index in [4.69, 9.17) is 9.47 Å². The fourth-order valence-electron chi connectivity index (χ4n) is 7.09. The Morgan fingerprint density at radius 1 is 0.849 bits per heavy atom. The minimum absolute atomic E-state index is 0.0443. The normalized spacial score (nSPS) is 19.7. The van der Waals surface area contributed by atoms with E-state index in [0.717, 1.165) is 57.6 Å². The molecule has 2 aliphatic heterocycles. The maximum Gasteiger partial charge on any atom is 0.262 e. The first kappa shape index (κ1) is 33.8. The van der Waals surface area contributed by atoms with E-state index in [9.17, 15) is 19.2 Å². The van der Waals surface area contributed by atoms with Crippen molar-refractivity contribution in [3.8, 4) is 17.3 Å². The van der Waals surface area contributed by atoms with Crippen LogP contribution in [0, 0.1) is 0 Å². The van der Waals surface area contributed by atoms with Crippen LogP contribution in [-0.4, -0.2) is 61.5 Å². The lowest BCUT2D eigenvalue weighted by molar-refractivity contribution is -0.136. The van der Waals surface area contributed by atoms with Gasteiger partial charge in [-0.2, -0.15) is 5.10 Å². The van der Waals surface area contributed by atoms with Crippen molar-refractivity contribution in [1.29, 1.82) is 0 Å². The third-order valence-electron chi connectivity index (χ3n) is 10.3. The number of piperidine rings is 1. The summed E-state index contributed by atoms with van der Waals surface area (Å²) >= 11 is 0. The molecule has 3 aliphatic rings. The van der Waals surface area contributed by atoms with Gasteiger partial charge < -0.3 is 14.8 Å². The molecule has 0 spiro atoms. The maximum atomic E-state index is 13.2. The summed E-state index contributed by atoms with van der Waals surface area (Å²) in [7, 11) is 0. The second-order valence-corrected chi connectivity index (χ2v) is 14.2. The molecule has 0 radical (unpaired) electrons. The number of hydrogen-bond acceptors (Lipinski definition) is 9. The lowest BCUT2D eigenvalue weighted by Crippen LogP contribution is -2.54. The third kappa shape index (κ3) is 6.75. The molecule has 1 saturated carbocycles. The fourth-order valence-corrected chi connectivity index (χ4v) is 7.09. The average Bonchev–Trinajstić information content (AvgIpc) is 3.77. The second kappa shape index (κ2) is 13.7. The topological polar surface area (TPSA) is 145 Å². The van der Waals surface area contributed by atoms with E-state index >= 15 is 0 Å². The van der Waals surface area contributed by atoms with Gasteiger partial charge in [0.2, 0.25) is 11.8 Å². The Bertz CT molecular complexity index is 2190. The van der Waals surface area contributed by atoms with Gasteiger partial charge in [0, 0.05) is 48.8 Å². The molecule has 2 N–H and O–H groups in total. The Labute approximate surface area is 306 Å². The summed E-state index contributed by atoms with van der Waals surface area (Å²) < 4.78 is 14.0. The highest BCUT2D eigenvalue weighted by molar-refractivity contribution is 6.23. The molecule has 12 nitrogen and oxygen atoms in total. The number of aromatic nitrogens is 3. The zero-order valence-corrected chi connectivity index (χ0v) is 29.3. The molecule has 2 aromatic heterocycles. The Morgan fingerprint density at radius 3 is 2.26 bits per heavy atom. The molecule has 4 amide bonds. The van der Waals surface area contributed by atoms with Gasteiger partial charge >= 0.3 is 0 Å². The second-order valence-electron chi connectivity index (χ2n) is 14.2. The van der Waals surface area contributed by atoms with Gasteiger partial charge in [-0.15, -0.1) is 0 Å². The van der Waals surface area contributed by atoms with Crippen LogP contribution in [-0.2, 0) is 21.6 Å². The molecule has 1 aliphatic carbocycles. The largest absolute Gasteiger partial charge is 0.490 e. The molecular formula is C41H38N6O6. The molecule has 4 heterocycles. The zero-order valence-electron chi connectivity index (χ0n) is 29.3. The fraction of sp³-hybridized carbons (Fsp3) is 0.268. The standard InChI is InChI=1S/C41H38N6O6/c1-41(2,25-7-12-30(13-8-25)52-24-28-5-3-6-36(44-28)46-20-4-19-42-46)26-9-14-31(15-10-26)53-32-21-29(22-32)43-27-11-16-33-34(23-27)40(51)47(39(33)50)35-17-18-37(48)45-38(35)49/h3-16,19-20,23,29,32,35,43H,17-18,21-22,24H2,1-2H3,(H,45,48,49). The Kier molecular flexibility index (Phi) is 8.73. The number of fused-ring (bicyclic) bond motifs is 1. The van der Waals surface area contributed by atoms with Crippen LogP contribution in [0.4, 0.5) is 5.69 Å². The summed E-state index contributed by atoms with van der Waals surface area (Å²) in [6.45, 7) is 4.74. The number of ether oxygens (including phenoxy) is 2. The predicted octanol–water partition coefficient (Wildman–Crippen LogP) is 5.60. The number of anilines is 1. The van der Waals surface area contributed by atoms with Crippen LogP contribution >= 0.6 is 0 Å². The van der Waals surface area contributed by atoms with Crippen molar-refractivity contribution in [3.05, 3.63) is 131 Å². The van der Waals surface area contributed by atoms with E-state index in [2.05, 4.69) is 58.8 Å². The van der Waals surface area contributed by atoms with Crippen molar-refractivity contribution in [3.63, 3.8) is 0 Å². The summed E-state index contributed by atoms with van der Waals surface area (Å²) in [5, 5.41) is 9.91. The number of carbonyl (C=O) groups excluding carboxylic acids is 4.